The van der Waals surface area contributed by atoms with Crippen LogP contribution in [0.25, 0.3) is 0 Å². The first kappa shape index (κ1) is 26.3. The number of alkyl carbamates (subject to hydrolysis) is 2. The van der Waals surface area contributed by atoms with Crippen LogP contribution in [-0.2, 0) is 25.3 Å². The van der Waals surface area contributed by atoms with Crippen molar-refractivity contribution >= 4 is 12.2 Å². The van der Waals surface area contributed by atoms with Gasteiger partial charge < -0.3 is 24.8 Å². The molecule has 1 aliphatic carbocycles. The van der Waals surface area contributed by atoms with Gasteiger partial charge in [0.15, 0.2) is 0 Å². The van der Waals surface area contributed by atoms with Gasteiger partial charge in [-0.3, -0.25) is 0 Å². The second kappa shape index (κ2) is 10.1. The number of carbonyl (C=O) groups is 2. The van der Waals surface area contributed by atoms with Gasteiger partial charge in [0.05, 0.1) is 36.3 Å². The molecule has 2 N–H and O–H groups in total. The molecule has 1 aromatic rings. The van der Waals surface area contributed by atoms with Crippen molar-refractivity contribution in [1.82, 2.24) is 10.6 Å². The van der Waals surface area contributed by atoms with Crippen molar-refractivity contribution < 1.29 is 23.8 Å². The largest absolute Gasteiger partial charge is 0.449 e. The maximum Gasteiger partial charge on any atom is 0.407 e. The highest BCUT2D eigenvalue weighted by atomic mass is 16.6. The Balaban J connectivity index is 1.59. The van der Waals surface area contributed by atoms with Gasteiger partial charge in [0.1, 0.15) is 6.61 Å². The van der Waals surface area contributed by atoms with Crippen molar-refractivity contribution in [1.29, 1.82) is 0 Å². The molecule has 0 unspecified atom stereocenters. The van der Waals surface area contributed by atoms with Gasteiger partial charge in [-0.25, -0.2) is 9.59 Å². The van der Waals surface area contributed by atoms with Crippen molar-refractivity contribution in [2.45, 2.75) is 84.7 Å². The third-order valence-electron chi connectivity index (χ3n) is 7.88. The molecule has 3 rings (SSSR count). The zero-order valence-corrected chi connectivity index (χ0v) is 21.7. The van der Waals surface area contributed by atoms with Crippen LogP contribution in [0.1, 0.15) is 84.8 Å². The number of hydrogen-bond donors (Lipinski definition) is 2. The van der Waals surface area contributed by atoms with Crippen LogP contribution in [0.2, 0.25) is 0 Å². The molecule has 2 aliphatic rings. The number of ether oxygens (including phenoxy) is 3. The summed E-state index contributed by atoms with van der Waals surface area (Å²) in [5, 5.41) is 5.99. The zero-order chi connectivity index (χ0) is 25.0. The Hall–Kier alpha value is -2.28. The molecule has 1 heterocycles. The molecule has 0 bridgehead atoms. The van der Waals surface area contributed by atoms with E-state index in [4.69, 9.17) is 14.2 Å². The first-order valence-electron chi connectivity index (χ1n) is 12.5. The molecule has 1 saturated carbocycles. The van der Waals surface area contributed by atoms with Crippen molar-refractivity contribution in [2.24, 2.45) is 10.8 Å². The van der Waals surface area contributed by atoms with E-state index in [0.29, 0.717) is 26.4 Å². The Labute approximate surface area is 204 Å². The summed E-state index contributed by atoms with van der Waals surface area (Å²) in [6.45, 7) is 14.1. The lowest BCUT2D eigenvalue weighted by Gasteiger charge is -2.40. The quantitative estimate of drug-likeness (QED) is 0.460. The lowest BCUT2D eigenvalue weighted by Crippen LogP contribution is -2.48. The number of hydrogen-bond acceptors (Lipinski definition) is 5. The lowest BCUT2D eigenvalue weighted by atomic mass is 9.68. The molecule has 7 nitrogen and oxygen atoms in total. The van der Waals surface area contributed by atoms with E-state index < -0.39 is 23.3 Å². The first-order chi connectivity index (χ1) is 15.9. The molecule has 7 heteroatoms. The molecule has 0 spiro atoms. The van der Waals surface area contributed by atoms with E-state index in [1.807, 2.05) is 52.0 Å². The minimum Gasteiger partial charge on any atom is -0.449 e. The number of amides is 2. The predicted octanol–water partition coefficient (Wildman–Crippen LogP) is 5.62. The molecule has 0 aromatic heterocycles. The molecule has 1 aromatic carbocycles. The number of rotatable bonds is 10. The number of nitrogens with one attached hydrogen (secondary N) is 2. The lowest BCUT2D eigenvalue weighted by molar-refractivity contribution is -0.139. The van der Waals surface area contributed by atoms with Crippen molar-refractivity contribution in [3.63, 3.8) is 0 Å². The summed E-state index contributed by atoms with van der Waals surface area (Å²) in [7, 11) is 0. The van der Waals surface area contributed by atoms with Crippen LogP contribution < -0.4 is 10.6 Å². The fourth-order valence-corrected chi connectivity index (χ4v) is 4.52. The van der Waals surface area contributed by atoms with Gasteiger partial charge in [-0.15, -0.1) is 0 Å². The Kier molecular flexibility index (Phi) is 7.85. The van der Waals surface area contributed by atoms with E-state index in [0.717, 1.165) is 36.8 Å². The van der Waals surface area contributed by atoms with Crippen LogP contribution in [-0.4, -0.2) is 38.6 Å². The highest BCUT2D eigenvalue weighted by Gasteiger charge is 2.39. The molecule has 34 heavy (non-hydrogen) atoms. The van der Waals surface area contributed by atoms with Crippen LogP contribution in [0.3, 0.4) is 0 Å². The predicted molar refractivity (Wildman–Crippen MR) is 132 cm³/mol. The standard InChI is InChI=1S/C27H42N2O5/c1-7-26(13-10-14-26)18-33-22(30)28-24(3,4)20-11-9-12-21(15-20)25(5,6)29-23(31)34-19-27(8-2)16-32-17-27/h9,11-12,15H,7-8,10,13-14,16-19H2,1-6H3,(H,28,30)(H,29,31). The monoisotopic (exact) mass is 474 g/mol. The summed E-state index contributed by atoms with van der Waals surface area (Å²) in [6.07, 6.45) is 4.55. The van der Waals surface area contributed by atoms with Crippen LogP contribution >= 0.6 is 0 Å². The van der Waals surface area contributed by atoms with E-state index in [-0.39, 0.29) is 10.8 Å². The molecule has 190 valence electrons. The van der Waals surface area contributed by atoms with E-state index >= 15 is 0 Å². The van der Waals surface area contributed by atoms with E-state index in [9.17, 15) is 9.59 Å². The summed E-state index contributed by atoms with van der Waals surface area (Å²) in [5.74, 6) is 0. The zero-order valence-electron chi connectivity index (χ0n) is 21.7. The molecule has 2 fully saturated rings. The van der Waals surface area contributed by atoms with Crippen LogP contribution in [0, 0.1) is 10.8 Å². The van der Waals surface area contributed by atoms with Gasteiger partial charge in [-0.1, -0.05) is 44.5 Å². The average Bonchev–Trinajstić information content (AvgIpc) is 2.72. The normalized spacial score (nSPS) is 18.8. The molecular formula is C27H42N2O5. The summed E-state index contributed by atoms with van der Waals surface area (Å²) >= 11 is 0. The van der Waals surface area contributed by atoms with Gasteiger partial charge >= 0.3 is 12.2 Å². The fraction of sp³-hybridized carbons (Fsp3) is 0.704. The van der Waals surface area contributed by atoms with Crippen molar-refractivity contribution in [3.8, 4) is 0 Å². The third kappa shape index (κ3) is 6.04. The Morgan fingerprint density at radius 1 is 0.882 bits per heavy atom. The van der Waals surface area contributed by atoms with Gasteiger partial charge in [-0.05, 0) is 64.5 Å². The minimum absolute atomic E-state index is 0.0545. The number of benzene rings is 1. The van der Waals surface area contributed by atoms with Crippen LogP contribution in [0.5, 0.6) is 0 Å². The Bertz CT molecular complexity index is 793. The Morgan fingerprint density at radius 3 is 1.71 bits per heavy atom. The van der Waals surface area contributed by atoms with E-state index in [1.54, 1.807) is 0 Å². The average molecular weight is 475 g/mol. The topological polar surface area (TPSA) is 85.9 Å². The van der Waals surface area contributed by atoms with Crippen LogP contribution in [0.15, 0.2) is 24.3 Å². The SMILES string of the molecule is CCC1(COC(=O)NC(C)(C)c2cccc(C(C)(C)NC(=O)OCC3(CC)COC3)c2)CCC1. The van der Waals surface area contributed by atoms with Gasteiger partial charge in [0.25, 0.3) is 0 Å². The fourth-order valence-electron chi connectivity index (χ4n) is 4.52. The van der Waals surface area contributed by atoms with Gasteiger partial charge in [-0.2, -0.15) is 0 Å². The van der Waals surface area contributed by atoms with Crippen molar-refractivity contribution in [3.05, 3.63) is 35.4 Å². The second-order valence-corrected chi connectivity index (χ2v) is 11.3. The molecule has 0 radical (unpaired) electrons. The van der Waals surface area contributed by atoms with Crippen molar-refractivity contribution in [2.75, 3.05) is 26.4 Å². The maximum atomic E-state index is 12.6. The molecule has 1 aliphatic heterocycles. The van der Waals surface area contributed by atoms with Gasteiger partial charge in [0.2, 0.25) is 0 Å². The molecular weight excluding hydrogens is 432 g/mol. The van der Waals surface area contributed by atoms with E-state index in [2.05, 4.69) is 24.5 Å². The summed E-state index contributed by atoms with van der Waals surface area (Å²) in [4.78, 5) is 25.1. The first-order valence-corrected chi connectivity index (χ1v) is 12.5. The smallest absolute Gasteiger partial charge is 0.407 e. The molecule has 1 saturated heterocycles. The minimum atomic E-state index is -0.656. The van der Waals surface area contributed by atoms with Crippen LogP contribution in [0.4, 0.5) is 9.59 Å². The Morgan fingerprint density at radius 2 is 1.35 bits per heavy atom. The third-order valence-corrected chi connectivity index (χ3v) is 7.88. The second-order valence-electron chi connectivity index (χ2n) is 11.3. The maximum absolute atomic E-state index is 12.6. The van der Waals surface area contributed by atoms with E-state index in [1.165, 1.54) is 6.42 Å². The molecule has 0 atom stereocenters. The number of carbonyl (C=O) groups excluding carboxylic acids is 2. The highest BCUT2D eigenvalue weighted by molar-refractivity contribution is 5.69. The summed E-state index contributed by atoms with van der Waals surface area (Å²) < 4.78 is 16.4. The molecule has 2 amide bonds. The summed E-state index contributed by atoms with van der Waals surface area (Å²) in [6, 6.07) is 7.88. The highest BCUT2D eigenvalue weighted by Crippen LogP contribution is 2.44. The summed E-state index contributed by atoms with van der Waals surface area (Å²) in [5.41, 5.74) is 0.657. The van der Waals surface area contributed by atoms with Gasteiger partial charge in [0, 0.05) is 5.41 Å².